The van der Waals surface area contributed by atoms with Crippen LogP contribution in [0.3, 0.4) is 0 Å². The monoisotopic (exact) mass is 547 g/mol. The number of hydrogen-bond donors (Lipinski definition) is 2. The molecule has 0 aromatic carbocycles. The van der Waals surface area contributed by atoms with Crippen LogP contribution in [0, 0.1) is 0 Å². The van der Waals surface area contributed by atoms with Crippen LogP contribution in [-0.4, -0.2) is 87.2 Å². The summed E-state index contributed by atoms with van der Waals surface area (Å²) in [6, 6.07) is 3.87. The van der Waals surface area contributed by atoms with Gasteiger partial charge in [0.25, 0.3) is 0 Å². The Morgan fingerprint density at radius 3 is 2.58 bits per heavy atom. The van der Waals surface area contributed by atoms with Crippen molar-refractivity contribution in [3.63, 3.8) is 0 Å². The van der Waals surface area contributed by atoms with Crippen LogP contribution in [0.25, 0.3) is 0 Å². The van der Waals surface area contributed by atoms with Crippen LogP contribution >= 0.6 is 24.0 Å². The van der Waals surface area contributed by atoms with E-state index in [4.69, 9.17) is 9.15 Å². The molecule has 1 aromatic heterocycles. The minimum Gasteiger partial charge on any atom is -0.469 e. The lowest BCUT2D eigenvalue weighted by Crippen LogP contribution is -2.60. The third-order valence-corrected chi connectivity index (χ3v) is 6.17. The fourth-order valence-electron chi connectivity index (χ4n) is 4.32. The molecule has 2 N–H and O–H groups in total. The fraction of sp³-hybridized carbons (Fsp3) is 0.727. The minimum atomic E-state index is -0.0114. The molecule has 8 nitrogen and oxygen atoms in total. The first-order chi connectivity index (χ1) is 14.6. The molecule has 3 rings (SSSR count). The second-order valence-corrected chi connectivity index (χ2v) is 8.45. The summed E-state index contributed by atoms with van der Waals surface area (Å²) in [6.07, 6.45) is 8.67. The first kappa shape index (κ1) is 25.9. The molecule has 0 radical (unpaired) electrons. The van der Waals surface area contributed by atoms with Crippen LogP contribution in [0.1, 0.15) is 37.9 Å². The third-order valence-electron chi connectivity index (χ3n) is 6.17. The number of amides is 1. The van der Waals surface area contributed by atoms with Gasteiger partial charge in [-0.2, -0.15) is 0 Å². The Morgan fingerprint density at radius 2 is 1.94 bits per heavy atom. The van der Waals surface area contributed by atoms with E-state index in [0.29, 0.717) is 12.5 Å². The average Bonchev–Trinajstić information content (AvgIpc) is 3.29. The molecule has 0 spiro atoms. The number of guanidine groups is 1. The summed E-state index contributed by atoms with van der Waals surface area (Å²) in [6.45, 7) is 5.24. The van der Waals surface area contributed by atoms with Crippen LogP contribution in [0.15, 0.2) is 27.8 Å². The van der Waals surface area contributed by atoms with Gasteiger partial charge >= 0.3 is 0 Å². The van der Waals surface area contributed by atoms with E-state index in [-0.39, 0.29) is 42.0 Å². The molecular weight excluding hydrogens is 509 g/mol. The number of hydrogen-bond acceptors (Lipinski definition) is 5. The largest absolute Gasteiger partial charge is 0.469 e. The van der Waals surface area contributed by atoms with Gasteiger partial charge in [-0.1, -0.05) is 19.3 Å². The summed E-state index contributed by atoms with van der Waals surface area (Å²) in [7, 11) is 3.51. The summed E-state index contributed by atoms with van der Waals surface area (Å²) in [5, 5.41) is 6.93. The summed E-state index contributed by atoms with van der Waals surface area (Å²) in [5.74, 6) is 1.61. The van der Waals surface area contributed by atoms with Gasteiger partial charge in [-0.3, -0.25) is 9.69 Å². The van der Waals surface area contributed by atoms with E-state index >= 15 is 0 Å². The van der Waals surface area contributed by atoms with Gasteiger partial charge in [0, 0.05) is 52.2 Å². The average molecular weight is 547 g/mol. The summed E-state index contributed by atoms with van der Waals surface area (Å²) in [5.41, 5.74) is 0.136. The predicted molar refractivity (Wildman–Crippen MR) is 133 cm³/mol. The van der Waals surface area contributed by atoms with Crippen molar-refractivity contribution in [3.8, 4) is 0 Å². The Morgan fingerprint density at radius 1 is 1.19 bits per heavy atom. The summed E-state index contributed by atoms with van der Waals surface area (Å²) < 4.78 is 11.0. The first-order valence-electron chi connectivity index (χ1n) is 11.2. The van der Waals surface area contributed by atoms with Gasteiger partial charge in [-0.05, 0) is 25.0 Å². The molecule has 0 bridgehead atoms. The van der Waals surface area contributed by atoms with Crippen molar-refractivity contribution >= 4 is 35.8 Å². The molecule has 2 heterocycles. The molecule has 1 saturated heterocycles. The fourth-order valence-corrected chi connectivity index (χ4v) is 4.32. The van der Waals surface area contributed by atoms with Crippen molar-refractivity contribution in [2.45, 2.75) is 44.1 Å². The first-order valence-corrected chi connectivity index (χ1v) is 11.2. The maximum absolute atomic E-state index is 12.1. The minimum absolute atomic E-state index is 0. The number of likely N-dealkylation sites (N-methyl/N-ethyl adjacent to an activating group) is 1. The molecule has 1 aliphatic heterocycles. The molecule has 2 fully saturated rings. The van der Waals surface area contributed by atoms with Crippen molar-refractivity contribution in [1.29, 1.82) is 0 Å². The molecule has 0 atom stereocenters. The Balaban J connectivity index is 0.00000341. The molecule has 0 unspecified atom stereocenters. The number of furan rings is 1. The molecular formula is C22H38IN5O3. The maximum Gasteiger partial charge on any atom is 0.243 e. The van der Waals surface area contributed by atoms with Gasteiger partial charge in [0.1, 0.15) is 12.3 Å². The van der Waals surface area contributed by atoms with Crippen molar-refractivity contribution in [1.82, 2.24) is 20.4 Å². The molecule has 31 heavy (non-hydrogen) atoms. The predicted octanol–water partition coefficient (Wildman–Crippen LogP) is 2.10. The molecule has 1 aliphatic carbocycles. The van der Waals surface area contributed by atoms with Crippen LogP contribution in [0.2, 0.25) is 0 Å². The van der Waals surface area contributed by atoms with Gasteiger partial charge in [0.05, 0.1) is 19.5 Å². The number of morpholine rings is 1. The Kier molecular flexibility index (Phi) is 11.1. The van der Waals surface area contributed by atoms with Crippen LogP contribution in [-0.2, 0) is 16.0 Å². The van der Waals surface area contributed by atoms with Crippen LogP contribution < -0.4 is 10.6 Å². The lowest BCUT2D eigenvalue weighted by Gasteiger charge is -2.48. The second kappa shape index (κ2) is 13.3. The van der Waals surface area contributed by atoms with E-state index in [1.54, 1.807) is 25.3 Å². The normalized spacial score (nSPS) is 19.4. The van der Waals surface area contributed by atoms with Gasteiger partial charge in [-0.15, -0.1) is 24.0 Å². The van der Waals surface area contributed by atoms with Crippen molar-refractivity contribution < 1.29 is 13.9 Å². The van der Waals surface area contributed by atoms with E-state index in [2.05, 4.69) is 20.5 Å². The summed E-state index contributed by atoms with van der Waals surface area (Å²) in [4.78, 5) is 20.8. The third kappa shape index (κ3) is 7.94. The maximum atomic E-state index is 12.1. The van der Waals surface area contributed by atoms with Gasteiger partial charge < -0.3 is 24.7 Å². The topological polar surface area (TPSA) is 82.3 Å². The standard InChI is InChI=1S/C22H37N5O3.HI/c1-26(2)20(28)17-24-21(23-11-8-19-7-6-14-30-19)25-18-22(9-4-3-5-10-22)27-12-15-29-16-13-27;/h6-7,14H,3-5,8-13,15-18H2,1-2H3,(H2,23,24,25);1H. The quantitative estimate of drug-likeness (QED) is 0.295. The van der Waals surface area contributed by atoms with Gasteiger partial charge in [-0.25, -0.2) is 4.99 Å². The smallest absolute Gasteiger partial charge is 0.243 e. The van der Waals surface area contributed by atoms with Gasteiger partial charge in [0.15, 0.2) is 5.96 Å². The van der Waals surface area contributed by atoms with Crippen LogP contribution in [0.4, 0.5) is 0 Å². The number of carbonyl (C=O) groups excluding carboxylic acids is 1. The highest BCUT2D eigenvalue weighted by molar-refractivity contribution is 14.0. The van der Waals surface area contributed by atoms with E-state index in [1.165, 1.54) is 32.1 Å². The highest BCUT2D eigenvalue weighted by Crippen LogP contribution is 2.33. The zero-order valence-electron chi connectivity index (χ0n) is 18.9. The van der Waals surface area contributed by atoms with E-state index in [9.17, 15) is 4.79 Å². The summed E-state index contributed by atoms with van der Waals surface area (Å²) >= 11 is 0. The Labute approximate surface area is 203 Å². The molecule has 1 saturated carbocycles. The Bertz CT molecular complexity index is 669. The van der Waals surface area contributed by atoms with Gasteiger partial charge in [0.2, 0.25) is 5.91 Å². The molecule has 2 aliphatic rings. The number of halogens is 1. The molecule has 176 valence electrons. The van der Waals surface area contributed by atoms with E-state index in [1.807, 2.05) is 12.1 Å². The number of nitrogens with one attached hydrogen (secondary N) is 2. The lowest BCUT2D eigenvalue weighted by atomic mass is 9.80. The number of nitrogens with zero attached hydrogens (tertiary/aromatic N) is 3. The lowest BCUT2D eigenvalue weighted by molar-refractivity contribution is -0.127. The highest BCUT2D eigenvalue weighted by atomic mass is 127. The highest BCUT2D eigenvalue weighted by Gasteiger charge is 2.38. The number of ether oxygens (including phenoxy) is 1. The molecule has 9 heteroatoms. The van der Waals surface area contributed by atoms with Crippen molar-refractivity contribution in [3.05, 3.63) is 24.2 Å². The number of rotatable bonds is 8. The Hall–Kier alpha value is -1.33. The molecule has 1 aromatic rings. The van der Waals surface area contributed by atoms with Crippen molar-refractivity contribution in [2.24, 2.45) is 4.99 Å². The zero-order valence-corrected chi connectivity index (χ0v) is 21.2. The number of carbonyl (C=O) groups is 1. The second-order valence-electron chi connectivity index (χ2n) is 8.45. The van der Waals surface area contributed by atoms with Crippen molar-refractivity contribution in [2.75, 3.05) is 60.0 Å². The number of aliphatic imine (C=N–C) groups is 1. The zero-order chi connectivity index (χ0) is 21.2. The van der Waals surface area contributed by atoms with Crippen LogP contribution in [0.5, 0.6) is 0 Å². The van der Waals surface area contributed by atoms with E-state index in [0.717, 1.165) is 45.0 Å². The van der Waals surface area contributed by atoms with E-state index < -0.39 is 0 Å². The molecule has 1 amide bonds. The SMILES string of the molecule is CN(C)C(=O)CN=C(NCCc1ccco1)NCC1(N2CCOCC2)CCCCC1.I.